The maximum Gasteiger partial charge on any atom is 0.0537 e. The van der Waals surface area contributed by atoms with Gasteiger partial charge < -0.3 is 5.32 Å². The van der Waals surface area contributed by atoms with Gasteiger partial charge in [0.1, 0.15) is 0 Å². The number of aromatic nitrogens is 2. The van der Waals surface area contributed by atoms with Crippen LogP contribution in [0.4, 0.5) is 0 Å². The number of hydrogen-bond donors (Lipinski definition) is 1. The van der Waals surface area contributed by atoms with E-state index >= 15 is 0 Å². The predicted octanol–water partition coefficient (Wildman–Crippen LogP) is 2.65. The standard InChI is InChI=1S/C13H23N3/c1-4-13(6-5-7-13)10-14-11(2)12-8-15-16(3)9-12/h8-9,11,14H,4-7,10H2,1-3H3. The Morgan fingerprint density at radius 3 is 2.75 bits per heavy atom. The lowest BCUT2D eigenvalue weighted by atomic mass is 9.67. The lowest BCUT2D eigenvalue weighted by molar-refractivity contribution is 0.120. The van der Waals surface area contributed by atoms with E-state index in [9.17, 15) is 0 Å². The van der Waals surface area contributed by atoms with Crippen molar-refractivity contribution < 1.29 is 0 Å². The number of hydrogen-bond acceptors (Lipinski definition) is 2. The van der Waals surface area contributed by atoms with Crippen molar-refractivity contribution in [2.24, 2.45) is 12.5 Å². The molecule has 1 aromatic rings. The fourth-order valence-electron chi connectivity index (χ4n) is 2.48. The first kappa shape index (κ1) is 11.6. The number of aryl methyl sites for hydroxylation is 1. The molecule has 1 aromatic heterocycles. The van der Waals surface area contributed by atoms with Gasteiger partial charge in [0, 0.05) is 31.4 Å². The van der Waals surface area contributed by atoms with Crippen molar-refractivity contribution in [3.8, 4) is 0 Å². The van der Waals surface area contributed by atoms with Crippen molar-refractivity contribution in [2.75, 3.05) is 6.54 Å². The van der Waals surface area contributed by atoms with Gasteiger partial charge in [0.2, 0.25) is 0 Å². The topological polar surface area (TPSA) is 29.9 Å². The summed E-state index contributed by atoms with van der Waals surface area (Å²) in [4.78, 5) is 0. The molecule has 0 amide bonds. The lowest BCUT2D eigenvalue weighted by Crippen LogP contribution is -2.40. The fourth-order valence-corrected chi connectivity index (χ4v) is 2.48. The van der Waals surface area contributed by atoms with Crippen LogP contribution in [0.15, 0.2) is 12.4 Å². The van der Waals surface area contributed by atoms with Crippen LogP contribution in [0.25, 0.3) is 0 Å². The molecule has 3 heteroatoms. The van der Waals surface area contributed by atoms with Gasteiger partial charge in [0.15, 0.2) is 0 Å². The third-order valence-electron chi connectivity index (χ3n) is 4.17. The lowest BCUT2D eigenvalue weighted by Gasteiger charge is -2.42. The molecule has 16 heavy (non-hydrogen) atoms. The first-order valence-corrected chi connectivity index (χ1v) is 6.37. The Bertz CT molecular complexity index is 333. The highest BCUT2D eigenvalue weighted by atomic mass is 15.2. The maximum atomic E-state index is 4.21. The second kappa shape index (κ2) is 4.58. The summed E-state index contributed by atoms with van der Waals surface area (Å²) in [6.07, 6.45) is 9.57. The zero-order chi connectivity index (χ0) is 11.6. The van der Waals surface area contributed by atoms with Crippen molar-refractivity contribution in [1.29, 1.82) is 0 Å². The van der Waals surface area contributed by atoms with Gasteiger partial charge in [-0.05, 0) is 31.6 Å². The summed E-state index contributed by atoms with van der Waals surface area (Å²) < 4.78 is 1.87. The molecule has 0 spiro atoms. The molecule has 2 rings (SSSR count). The van der Waals surface area contributed by atoms with Crippen molar-refractivity contribution in [2.45, 2.75) is 45.6 Å². The molecule has 0 aromatic carbocycles. The zero-order valence-corrected chi connectivity index (χ0v) is 10.7. The van der Waals surface area contributed by atoms with Gasteiger partial charge in [-0.3, -0.25) is 4.68 Å². The molecule has 0 radical (unpaired) electrons. The second-order valence-electron chi connectivity index (χ2n) is 5.26. The van der Waals surface area contributed by atoms with E-state index in [-0.39, 0.29) is 0 Å². The van der Waals surface area contributed by atoms with E-state index in [1.54, 1.807) is 0 Å². The van der Waals surface area contributed by atoms with Crippen LogP contribution in [0.5, 0.6) is 0 Å². The summed E-state index contributed by atoms with van der Waals surface area (Å²) in [5.41, 5.74) is 1.88. The normalized spacial score (nSPS) is 20.4. The van der Waals surface area contributed by atoms with Gasteiger partial charge in [0.25, 0.3) is 0 Å². The van der Waals surface area contributed by atoms with Crippen LogP contribution in [0.1, 0.15) is 51.1 Å². The van der Waals surface area contributed by atoms with Gasteiger partial charge >= 0.3 is 0 Å². The van der Waals surface area contributed by atoms with E-state index in [0.717, 1.165) is 6.54 Å². The van der Waals surface area contributed by atoms with Crippen molar-refractivity contribution in [3.63, 3.8) is 0 Å². The summed E-state index contributed by atoms with van der Waals surface area (Å²) in [5.74, 6) is 0. The van der Waals surface area contributed by atoms with E-state index in [2.05, 4.69) is 30.5 Å². The van der Waals surface area contributed by atoms with Crippen LogP contribution in [-0.4, -0.2) is 16.3 Å². The minimum atomic E-state index is 0.415. The van der Waals surface area contributed by atoms with E-state index < -0.39 is 0 Å². The van der Waals surface area contributed by atoms with Crippen LogP contribution >= 0.6 is 0 Å². The van der Waals surface area contributed by atoms with Gasteiger partial charge in [-0.25, -0.2) is 0 Å². The molecule has 1 aliphatic rings. The van der Waals surface area contributed by atoms with Gasteiger partial charge in [-0.2, -0.15) is 5.10 Å². The molecule has 0 aliphatic heterocycles. The third kappa shape index (κ3) is 2.29. The van der Waals surface area contributed by atoms with Gasteiger partial charge in [-0.1, -0.05) is 13.3 Å². The Hall–Kier alpha value is -0.830. The van der Waals surface area contributed by atoms with Crippen LogP contribution < -0.4 is 5.32 Å². The molecule has 1 atom stereocenters. The fraction of sp³-hybridized carbons (Fsp3) is 0.769. The number of nitrogens with zero attached hydrogens (tertiary/aromatic N) is 2. The third-order valence-corrected chi connectivity index (χ3v) is 4.17. The average Bonchev–Trinajstić information content (AvgIpc) is 2.64. The summed E-state index contributed by atoms with van der Waals surface area (Å²) in [6.45, 7) is 5.69. The quantitative estimate of drug-likeness (QED) is 0.828. The van der Waals surface area contributed by atoms with Crippen LogP contribution in [0, 0.1) is 5.41 Å². The molecule has 1 N–H and O–H groups in total. The summed E-state index contributed by atoms with van der Waals surface area (Å²) in [6, 6.07) is 0.415. The van der Waals surface area contributed by atoms with Crippen molar-refractivity contribution in [3.05, 3.63) is 18.0 Å². The van der Waals surface area contributed by atoms with E-state index in [4.69, 9.17) is 0 Å². The molecule has 1 unspecified atom stereocenters. The molecule has 1 heterocycles. The summed E-state index contributed by atoms with van der Waals surface area (Å²) in [7, 11) is 1.97. The Labute approximate surface area is 98.2 Å². The Morgan fingerprint density at radius 2 is 2.31 bits per heavy atom. The smallest absolute Gasteiger partial charge is 0.0537 e. The molecule has 1 saturated carbocycles. The van der Waals surface area contributed by atoms with Crippen LogP contribution in [0.2, 0.25) is 0 Å². The first-order chi connectivity index (χ1) is 7.65. The number of rotatable bonds is 5. The van der Waals surface area contributed by atoms with Crippen LogP contribution in [0.3, 0.4) is 0 Å². The van der Waals surface area contributed by atoms with Gasteiger partial charge in [0.05, 0.1) is 6.20 Å². The Morgan fingerprint density at radius 1 is 1.56 bits per heavy atom. The SMILES string of the molecule is CCC1(CNC(C)c2cnn(C)c2)CCC1. The minimum absolute atomic E-state index is 0.415. The summed E-state index contributed by atoms with van der Waals surface area (Å²) >= 11 is 0. The maximum absolute atomic E-state index is 4.21. The Kier molecular flexibility index (Phi) is 3.33. The molecule has 1 fully saturated rings. The molecule has 0 saturated heterocycles. The largest absolute Gasteiger partial charge is 0.310 e. The van der Waals surface area contributed by atoms with Gasteiger partial charge in [-0.15, -0.1) is 0 Å². The number of nitrogens with one attached hydrogen (secondary N) is 1. The highest BCUT2D eigenvalue weighted by Crippen LogP contribution is 2.43. The molecule has 90 valence electrons. The second-order valence-corrected chi connectivity index (χ2v) is 5.26. The molecule has 0 bridgehead atoms. The highest BCUT2D eigenvalue weighted by molar-refractivity contribution is 5.09. The first-order valence-electron chi connectivity index (χ1n) is 6.37. The van der Waals surface area contributed by atoms with Crippen LogP contribution in [-0.2, 0) is 7.05 Å². The average molecular weight is 221 g/mol. The van der Waals surface area contributed by atoms with E-state index in [1.165, 1.54) is 31.2 Å². The molecular weight excluding hydrogens is 198 g/mol. The molecular formula is C13H23N3. The highest BCUT2D eigenvalue weighted by Gasteiger charge is 2.34. The monoisotopic (exact) mass is 221 g/mol. The minimum Gasteiger partial charge on any atom is -0.310 e. The molecule has 1 aliphatic carbocycles. The van der Waals surface area contributed by atoms with E-state index in [0.29, 0.717) is 11.5 Å². The van der Waals surface area contributed by atoms with E-state index in [1.807, 2.05) is 17.9 Å². The van der Waals surface area contributed by atoms with Crippen molar-refractivity contribution in [1.82, 2.24) is 15.1 Å². The summed E-state index contributed by atoms with van der Waals surface area (Å²) in [5, 5.41) is 7.87. The molecule has 3 nitrogen and oxygen atoms in total. The Balaban J connectivity index is 1.86. The predicted molar refractivity (Wildman–Crippen MR) is 66.2 cm³/mol. The van der Waals surface area contributed by atoms with Crippen molar-refractivity contribution >= 4 is 0 Å². The zero-order valence-electron chi connectivity index (χ0n) is 10.7.